The van der Waals surface area contributed by atoms with Crippen LogP contribution in [0.4, 0.5) is 0 Å². The number of rotatable bonds is 4. The summed E-state index contributed by atoms with van der Waals surface area (Å²) in [7, 11) is 0. The number of H-pyrrole nitrogens is 1. The molecule has 1 saturated heterocycles. The van der Waals surface area contributed by atoms with E-state index in [-0.39, 0.29) is 5.56 Å². The van der Waals surface area contributed by atoms with Crippen LogP contribution in [0.3, 0.4) is 0 Å². The third-order valence-corrected chi connectivity index (χ3v) is 4.28. The zero-order valence-corrected chi connectivity index (χ0v) is 12.1. The predicted molar refractivity (Wildman–Crippen MR) is 83.3 cm³/mol. The number of nitrogens with one attached hydrogen (secondary N) is 1. The summed E-state index contributed by atoms with van der Waals surface area (Å²) in [4.78, 5) is 17.7. The minimum Gasteiger partial charge on any atom is -0.326 e. The van der Waals surface area contributed by atoms with Crippen molar-refractivity contribution in [3.63, 3.8) is 0 Å². The average Bonchev–Trinajstić information content (AvgIpc) is 2.93. The van der Waals surface area contributed by atoms with E-state index in [4.69, 9.17) is 0 Å². The molecule has 1 aromatic heterocycles. The molecule has 3 rings (SSSR count). The van der Waals surface area contributed by atoms with E-state index >= 15 is 0 Å². The summed E-state index contributed by atoms with van der Waals surface area (Å²) in [5.41, 5.74) is 2.28. The summed E-state index contributed by atoms with van der Waals surface area (Å²) in [5.74, 6) is 0. The summed E-state index contributed by atoms with van der Waals surface area (Å²) in [6.45, 7) is 5.70. The summed E-state index contributed by atoms with van der Waals surface area (Å²) >= 11 is 0. The van der Waals surface area contributed by atoms with E-state index in [0.29, 0.717) is 0 Å². The highest BCUT2D eigenvalue weighted by Crippen LogP contribution is 2.16. The highest BCUT2D eigenvalue weighted by atomic mass is 16.1. The monoisotopic (exact) mass is 270 g/mol. The molecule has 1 N–H and O–H groups in total. The molecule has 0 atom stereocenters. The summed E-state index contributed by atoms with van der Waals surface area (Å²) < 4.78 is 0. The van der Waals surface area contributed by atoms with Crippen LogP contribution in [0.1, 0.15) is 30.5 Å². The fraction of sp³-hybridized carbons (Fsp3) is 0.471. The molecular formula is C17H22N2O. The quantitative estimate of drug-likeness (QED) is 0.927. The summed E-state index contributed by atoms with van der Waals surface area (Å²) in [5, 5.41) is 1.89. The molecule has 1 aromatic carbocycles. The number of nitrogens with zero attached hydrogens (tertiary/aromatic N) is 1. The molecule has 3 nitrogen and oxygen atoms in total. The minimum atomic E-state index is 0.0439. The smallest absolute Gasteiger partial charge is 0.256 e. The van der Waals surface area contributed by atoms with Crippen LogP contribution in [0, 0.1) is 6.92 Å². The van der Waals surface area contributed by atoms with Crippen LogP contribution in [-0.2, 0) is 6.42 Å². The van der Waals surface area contributed by atoms with Gasteiger partial charge in [-0.05, 0) is 75.3 Å². The van der Waals surface area contributed by atoms with Gasteiger partial charge in [0.25, 0.3) is 5.56 Å². The molecule has 1 fully saturated rings. The lowest BCUT2D eigenvalue weighted by molar-refractivity contribution is 0.333. The van der Waals surface area contributed by atoms with Gasteiger partial charge >= 0.3 is 0 Å². The zero-order chi connectivity index (χ0) is 13.9. The second kappa shape index (κ2) is 5.80. The van der Waals surface area contributed by atoms with Gasteiger partial charge in [0.2, 0.25) is 0 Å². The Labute approximate surface area is 119 Å². The lowest BCUT2D eigenvalue weighted by atomic mass is 10.1. The van der Waals surface area contributed by atoms with Gasteiger partial charge in [-0.3, -0.25) is 4.79 Å². The van der Waals surface area contributed by atoms with Crippen molar-refractivity contribution in [3.05, 3.63) is 45.9 Å². The van der Waals surface area contributed by atoms with Gasteiger partial charge in [0, 0.05) is 11.1 Å². The Balaban J connectivity index is 1.74. The van der Waals surface area contributed by atoms with Gasteiger partial charge in [-0.25, -0.2) is 0 Å². The van der Waals surface area contributed by atoms with Gasteiger partial charge in [-0.1, -0.05) is 12.1 Å². The Bertz CT molecular complexity index is 654. The topological polar surface area (TPSA) is 36.1 Å². The molecule has 3 heteroatoms. The maximum atomic E-state index is 12.1. The second-order valence-electron chi connectivity index (χ2n) is 5.81. The molecule has 0 bridgehead atoms. The van der Waals surface area contributed by atoms with Gasteiger partial charge in [0.05, 0.1) is 0 Å². The average molecular weight is 270 g/mol. The molecule has 0 saturated carbocycles. The number of benzene rings is 1. The van der Waals surface area contributed by atoms with Crippen LogP contribution in [0.2, 0.25) is 0 Å². The molecule has 0 spiro atoms. The van der Waals surface area contributed by atoms with Gasteiger partial charge in [-0.2, -0.15) is 0 Å². The van der Waals surface area contributed by atoms with Gasteiger partial charge in [0.1, 0.15) is 0 Å². The Hall–Kier alpha value is -1.61. The SMILES string of the molecule is Cc1cccc2c(=O)[nH]c(CCCN3CCCC3)cc12. The van der Waals surface area contributed by atoms with Crippen LogP contribution in [0.15, 0.2) is 29.1 Å². The fourth-order valence-electron chi connectivity index (χ4n) is 3.13. The Morgan fingerprint density at radius 3 is 2.80 bits per heavy atom. The molecule has 2 heterocycles. The van der Waals surface area contributed by atoms with Crippen molar-refractivity contribution < 1.29 is 0 Å². The number of fused-ring (bicyclic) bond motifs is 1. The Morgan fingerprint density at radius 1 is 1.20 bits per heavy atom. The van der Waals surface area contributed by atoms with Crippen LogP contribution < -0.4 is 5.56 Å². The first-order valence-electron chi connectivity index (χ1n) is 7.58. The van der Waals surface area contributed by atoms with Crippen molar-refractivity contribution in [3.8, 4) is 0 Å². The van der Waals surface area contributed by atoms with Crippen molar-refractivity contribution >= 4 is 10.8 Å². The van der Waals surface area contributed by atoms with E-state index in [1.54, 1.807) is 0 Å². The molecule has 1 aliphatic rings. The van der Waals surface area contributed by atoms with E-state index in [1.165, 1.54) is 31.5 Å². The maximum absolute atomic E-state index is 12.1. The largest absolute Gasteiger partial charge is 0.326 e. The number of aryl methyl sites for hydroxylation is 2. The molecule has 0 unspecified atom stereocenters. The van der Waals surface area contributed by atoms with Crippen molar-refractivity contribution in [1.29, 1.82) is 0 Å². The van der Waals surface area contributed by atoms with E-state index in [0.717, 1.165) is 35.9 Å². The van der Waals surface area contributed by atoms with Crippen molar-refractivity contribution in [2.45, 2.75) is 32.6 Å². The third-order valence-electron chi connectivity index (χ3n) is 4.28. The number of hydrogen-bond donors (Lipinski definition) is 1. The van der Waals surface area contributed by atoms with E-state index in [9.17, 15) is 4.79 Å². The summed E-state index contributed by atoms with van der Waals surface area (Å²) in [6.07, 6.45) is 4.75. The van der Waals surface area contributed by atoms with Gasteiger partial charge < -0.3 is 9.88 Å². The van der Waals surface area contributed by atoms with Gasteiger partial charge in [0.15, 0.2) is 0 Å². The molecule has 0 amide bonds. The normalized spacial score (nSPS) is 16.1. The number of likely N-dealkylation sites (tertiary alicyclic amines) is 1. The molecule has 0 radical (unpaired) electrons. The zero-order valence-electron chi connectivity index (χ0n) is 12.1. The number of hydrogen-bond acceptors (Lipinski definition) is 2. The number of aromatic amines is 1. The predicted octanol–water partition coefficient (Wildman–Crippen LogP) is 2.86. The molecular weight excluding hydrogens is 248 g/mol. The lowest BCUT2D eigenvalue weighted by Crippen LogP contribution is -2.21. The molecule has 0 aliphatic carbocycles. The molecule has 1 aliphatic heterocycles. The van der Waals surface area contributed by atoms with Crippen LogP contribution >= 0.6 is 0 Å². The first-order chi connectivity index (χ1) is 9.74. The minimum absolute atomic E-state index is 0.0439. The van der Waals surface area contributed by atoms with E-state index in [1.807, 2.05) is 12.1 Å². The molecule has 106 valence electrons. The fourth-order valence-corrected chi connectivity index (χ4v) is 3.13. The summed E-state index contributed by atoms with van der Waals surface area (Å²) in [6, 6.07) is 8.06. The molecule has 2 aromatic rings. The van der Waals surface area contributed by atoms with Gasteiger partial charge in [-0.15, -0.1) is 0 Å². The third kappa shape index (κ3) is 2.78. The molecule has 20 heavy (non-hydrogen) atoms. The van der Waals surface area contributed by atoms with Crippen molar-refractivity contribution in [2.75, 3.05) is 19.6 Å². The number of pyridine rings is 1. The second-order valence-corrected chi connectivity index (χ2v) is 5.81. The van der Waals surface area contributed by atoms with Crippen LogP contribution in [0.25, 0.3) is 10.8 Å². The highest BCUT2D eigenvalue weighted by Gasteiger charge is 2.11. The lowest BCUT2D eigenvalue weighted by Gasteiger charge is -2.14. The van der Waals surface area contributed by atoms with Crippen LogP contribution in [-0.4, -0.2) is 29.5 Å². The Kier molecular flexibility index (Phi) is 3.88. The van der Waals surface area contributed by atoms with E-state index in [2.05, 4.69) is 28.9 Å². The van der Waals surface area contributed by atoms with Crippen molar-refractivity contribution in [2.24, 2.45) is 0 Å². The standard InChI is InChI=1S/C17H22N2O/c1-13-6-4-8-15-16(13)12-14(18-17(15)20)7-5-11-19-9-2-3-10-19/h4,6,8,12H,2-3,5,7,9-11H2,1H3,(H,18,20). The number of aromatic nitrogens is 1. The highest BCUT2D eigenvalue weighted by molar-refractivity contribution is 5.84. The first-order valence-corrected chi connectivity index (χ1v) is 7.58. The van der Waals surface area contributed by atoms with E-state index < -0.39 is 0 Å². The maximum Gasteiger partial charge on any atom is 0.256 e. The van der Waals surface area contributed by atoms with Crippen molar-refractivity contribution in [1.82, 2.24) is 9.88 Å². The van der Waals surface area contributed by atoms with Crippen LogP contribution in [0.5, 0.6) is 0 Å². The first kappa shape index (κ1) is 13.4. The Morgan fingerprint density at radius 2 is 2.00 bits per heavy atom.